The number of thiazole rings is 1. The highest BCUT2D eigenvalue weighted by atomic mass is 79.9. The lowest BCUT2D eigenvalue weighted by molar-refractivity contribution is -0.384. The Hall–Kier alpha value is -3.34. The minimum Gasteiger partial charge on any atom is -0.506 e. The molecule has 0 radical (unpaired) electrons. The third-order valence-corrected chi connectivity index (χ3v) is 8.66. The van der Waals surface area contributed by atoms with E-state index in [0.717, 1.165) is 27.7 Å². The van der Waals surface area contributed by atoms with Crippen LogP contribution in [0.5, 0.6) is 5.75 Å². The largest absolute Gasteiger partial charge is 0.506 e. The molecule has 3 aromatic carbocycles. The second-order valence-electron chi connectivity index (χ2n) is 8.79. The molecule has 0 spiro atoms. The maximum Gasteiger partial charge on any atom is 0.271 e. The third kappa shape index (κ3) is 4.09. The Morgan fingerprint density at radius 1 is 1.11 bits per heavy atom. The summed E-state index contributed by atoms with van der Waals surface area (Å²) in [6.07, 6.45) is 3.13. The van der Waals surface area contributed by atoms with Crippen LogP contribution in [-0.4, -0.2) is 14.6 Å². The van der Waals surface area contributed by atoms with Gasteiger partial charge in [-0.05, 0) is 63.7 Å². The molecule has 1 aliphatic carbocycles. The predicted octanol–water partition coefficient (Wildman–Crippen LogP) is 5.46. The van der Waals surface area contributed by atoms with Gasteiger partial charge in [0.15, 0.2) is 4.80 Å². The number of aryl methyl sites for hydroxylation is 1. The Morgan fingerprint density at radius 3 is 2.73 bits per heavy atom. The van der Waals surface area contributed by atoms with Gasteiger partial charge in [-0.1, -0.05) is 63.7 Å². The van der Waals surface area contributed by atoms with Crippen molar-refractivity contribution in [3.05, 3.63) is 127 Å². The van der Waals surface area contributed by atoms with Crippen LogP contribution in [0.15, 0.2) is 85.0 Å². The number of allylic oxidation sites excluding steroid dienone is 1. The number of aromatic nitrogens is 1. The van der Waals surface area contributed by atoms with Crippen LogP contribution in [0, 0.1) is 10.1 Å². The first-order valence-corrected chi connectivity index (χ1v) is 13.8. The van der Waals surface area contributed by atoms with Crippen molar-refractivity contribution in [2.75, 3.05) is 0 Å². The lowest BCUT2D eigenvalue weighted by Gasteiger charge is -2.30. The molecule has 2 heterocycles. The van der Waals surface area contributed by atoms with E-state index in [2.05, 4.69) is 37.9 Å². The smallest absolute Gasteiger partial charge is 0.271 e. The summed E-state index contributed by atoms with van der Waals surface area (Å²) in [4.78, 5) is 30.4. The molecule has 4 aromatic rings. The van der Waals surface area contributed by atoms with Crippen molar-refractivity contribution in [1.29, 1.82) is 0 Å². The Morgan fingerprint density at radius 2 is 1.92 bits per heavy atom. The van der Waals surface area contributed by atoms with Gasteiger partial charge in [-0.15, -0.1) is 0 Å². The first kappa shape index (κ1) is 24.0. The highest BCUT2D eigenvalue weighted by Crippen LogP contribution is 2.41. The summed E-state index contributed by atoms with van der Waals surface area (Å²) in [7, 11) is 0. The van der Waals surface area contributed by atoms with Gasteiger partial charge in [0.25, 0.3) is 11.2 Å². The molecular weight excluding hydrogens is 622 g/mol. The molecule has 1 atom stereocenters. The van der Waals surface area contributed by atoms with Crippen LogP contribution in [0.1, 0.15) is 34.7 Å². The van der Waals surface area contributed by atoms with E-state index in [4.69, 9.17) is 4.99 Å². The zero-order chi connectivity index (χ0) is 25.8. The van der Waals surface area contributed by atoms with Crippen LogP contribution >= 0.6 is 43.2 Å². The summed E-state index contributed by atoms with van der Waals surface area (Å²) in [5, 5.41) is 22.1. The third-order valence-electron chi connectivity index (χ3n) is 6.61. The van der Waals surface area contributed by atoms with Crippen molar-refractivity contribution < 1.29 is 10.0 Å². The summed E-state index contributed by atoms with van der Waals surface area (Å²) in [5.74, 6) is 0.0255. The van der Waals surface area contributed by atoms with Gasteiger partial charge in [0.05, 0.1) is 25.7 Å². The van der Waals surface area contributed by atoms with Gasteiger partial charge in [-0.2, -0.15) is 0 Å². The van der Waals surface area contributed by atoms with Gasteiger partial charge in [-0.25, -0.2) is 4.99 Å². The molecule has 7 nitrogen and oxygen atoms in total. The van der Waals surface area contributed by atoms with Crippen molar-refractivity contribution >= 4 is 60.7 Å². The van der Waals surface area contributed by atoms with E-state index in [1.165, 1.54) is 29.0 Å². The number of benzene rings is 3. The topological polar surface area (TPSA) is 97.7 Å². The van der Waals surface area contributed by atoms with Gasteiger partial charge in [-0.3, -0.25) is 19.5 Å². The van der Waals surface area contributed by atoms with Gasteiger partial charge >= 0.3 is 0 Å². The molecule has 0 saturated carbocycles. The maximum absolute atomic E-state index is 13.8. The minimum atomic E-state index is -0.524. The normalized spacial score (nSPS) is 16.6. The number of nitrogens with zero attached hydrogens (tertiary/aromatic N) is 3. The van der Waals surface area contributed by atoms with Crippen LogP contribution in [0.3, 0.4) is 0 Å². The fourth-order valence-electron chi connectivity index (χ4n) is 4.97. The van der Waals surface area contributed by atoms with E-state index in [9.17, 15) is 20.0 Å². The number of non-ortho nitro benzene ring substituents is 1. The van der Waals surface area contributed by atoms with Crippen molar-refractivity contribution in [3.8, 4) is 5.75 Å². The van der Waals surface area contributed by atoms with E-state index in [1.54, 1.807) is 28.8 Å². The number of nitro groups is 1. The fourth-order valence-corrected chi connectivity index (χ4v) is 7.22. The summed E-state index contributed by atoms with van der Waals surface area (Å²) in [5.41, 5.74) is 4.84. The molecule has 10 heteroatoms. The summed E-state index contributed by atoms with van der Waals surface area (Å²) in [6, 6.07) is 17.5. The standard InChI is InChI=1S/C27H17Br2N3O4S/c28-17-10-16(25(33)21(29)13-17)12-22-26(34)31-24(15-5-3-6-18(11-15)32(35)36)20-9-8-14-4-1-2-7-19(14)23(20)30-27(31)37-22/h1-7,10-13,24,33H,8-9H2/b22-12+/t24-/m1/s1. The molecule has 1 aliphatic heterocycles. The Labute approximate surface area is 231 Å². The van der Waals surface area contributed by atoms with E-state index in [-0.39, 0.29) is 17.0 Å². The van der Waals surface area contributed by atoms with Crippen LogP contribution in [-0.2, 0) is 6.42 Å². The number of rotatable bonds is 3. The molecular formula is C27H17Br2N3O4S. The molecule has 184 valence electrons. The monoisotopic (exact) mass is 637 g/mol. The molecule has 0 bridgehead atoms. The number of phenols is 1. The van der Waals surface area contributed by atoms with Crippen LogP contribution in [0.25, 0.3) is 11.8 Å². The van der Waals surface area contributed by atoms with E-state index in [0.29, 0.717) is 31.4 Å². The lowest BCUT2D eigenvalue weighted by atomic mass is 9.83. The maximum atomic E-state index is 13.8. The average molecular weight is 639 g/mol. The Bertz CT molecular complexity index is 1840. The highest BCUT2D eigenvalue weighted by Gasteiger charge is 2.33. The van der Waals surface area contributed by atoms with Crippen molar-refractivity contribution in [2.24, 2.45) is 4.99 Å². The van der Waals surface area contributed by atoms with Crippen LogP contribution in [0.2, 0.25) is 0 Å². The number of halogens is 2. The van der Waals surface area contributed by atoms with E-state index in [1.807, 2.05) is 24.3 Å². The quantitative estimate of drug-likeness (QED) is 0.238. The fraction of sp³-hybridized carbons (Fsp3) is 0.111. The number of nitro benzene ring substituents is 1. The molecule has 0 amide bonds. The zero-order valence-corrected chi connectivity index (χ0v) is 23.0. The number of hydrogen-bond donors (Lipinski definition) is 1. The molecule has 6 rings (SSSR count). The van der Waals surface area contributed by atoms with Gasteiger partial charge in [0.2, 0.25) is 0 Å². The molecule has 2 aliphatic rings. The molecule has 0 unspecified atom stereocenters. The summed E-state index contributed by atoms with van der Waals surface area (Å²) < 4.78 is 3.29. The second kappa shape index (κ2) is 9.20. The summed E-state index contributed by atoms with van der Waals surface area (Å²) in [6.45, 7) is 0. The number of phenolic OH excluding ortho intramolecular Hbond substituents is 1. The zero-order valence-electron chi connectivity index (χ0n) is 19.0. The van der Waals surface area contributed by atoms with Crippen molar-refractivity contribution in [1.82, 2.24) is 4.57 Å². The molecule has 0 fully saturated rings. The first-order chi connectivity index (χ1) is 17.8. The average Bonchev–Trinajstić information content (AvgIpc) is 3.20. The second-order valence-corrected chi connectivity index (χ2v) is 11.6. The predicted molar refractivity (Wildman–Crippen MR) is 149 cm³/mol. The lowest BCUT2D eigenvalue weighted by Crippen LogP contribution is -2.38. The SMILES string of the molecule is O=c1/c(=C\c2cc(Br)cc(Br)c2O)sc2n1[C@H](c1cccc([N+](=O)[O-])c1)C1=C(N=2)c2ccccc2CC1. The van der Waals surface area contributed by atoms with Gasteiger partial charge in [0.1, 0.15) is 5.75 Å². The van der Waals surface area contributed by atoms with E-state index < -0.39 is 11.0 Å². The van der Waals surface area contributed by atoms with Crippen LogP contribution < -0.4 is 14.9 Å². The Kier molecular flexibility index (Phi) is 5.97. The minimum absolute atomic E-state index is 0.0255. The van der Waals surface area contributed by atoms with E-state index >= 15 is 0 Å². The van der Waals surface area contributed by atoms with Gasteiger partial charge < -0.3 is 5.11 Å². The molecule has 37 heavy (non-hydrogen) atoms. The first-order valence-electron chi connectivity index (χ1n) is 11.4. The number of aromatic hydroxyl groups is 1. The number of hydrogen-bond acceptors (Lipinski definition) is 6. The van der Waals surface area contributed by atoms with Crippen LogP contribution in [0.4, 0.5) is 5.69 Å². The molecule has 0 saturated heterocycles. The summed E-state index contributed by atoms with van der Waals surface area (Å²) >= 11 is 8.01. The van der Waals surface area contributed by atoms with Gasteiger partial charge in [0, 0.05) is 27.7 Å². The van der Waals surface area contributed by atoms with Crippen molar-refractivity contribution in [3.63, 3.8) is 0 Å². The van der Waals surface area contributed by atoms with Crippen molar-refractivity contribution in [2.45, 2.75) is 18.9 Å². The molecule has 1 aromatic heterocycles. The molecule has 1 N–H and O–H groups in total. The Balaban J connectivity index is 1.64. The highest BCUT2D eigenvalue weighted by molar-refractivity contribution is 9.11. The number of fused-ring (bicyclic) bond motifs is 3.